The van der Waals surface area contributed by atoms with Crippen LogP contribution in [0.15, 0.2) is 0 Å². The molecule has 0 aliphatic heterocycles. The highest BCUT2D eigenvalue weighted by Crippen LogP contribution is 2.09. The molecular weight excluding hydrogens is 178 g/mol. The number of halogens is 2. The van der Waals surface area contributed by atoms with Crippen LogP contribution in [0, 0.1) is 0 Å². The molecule has 0 saturated carbocycles. The Balaban J connectivity index is 3.93. The molecule has 1 N–H and O–H groups in total. The summed E-state index contributed by atoms with van der Waals surface area (Å²) in [5, 5.41) is 7.14. The molecule has 0 aliphatic carbocycles. The molecule has 66 valence electrons. The zero-order valence-electron chi connectivity index (χ0n) is 5.79. The highest BCUT2D eigenvalue weighted by molar-refractivity contribution is 7.85. The number of carboxylic acids is 1. The smallest absolute Gasteiger partial charge is 0.312 e. The first-order chi connectivity index (χ1) is 4.95. The summed E-state index contributed by atoms with van der Waals surface area (Å²) in [5.74, 6) is -4.17. The zero-order valence-corrected chi connectivity index (χ0v) is 6.61. The Morgan fingerprint density at radius 2 is 2.09 bits per heavy atom. The second-order valence-corrected chi connectivity index (χ2v) is 3.82. The third kappa shape index (κ3) is 4.02. The number of carbonyl (C=O) groups is 1. The van der Waals surface area contributed by atoms with Gasteiger partial charge in [0.15, 0.2) is 0 Å². The van der Waals surface area contributed by atoms with Crippen LogP contribution in [-0.2, 0) is 15.6 Å². The highest BCUT2D eigenvalue weighted by Gasteiger charge is 2.22. The highest BCUT2D eigenvalue weighted by atomic mass is 32.2. The molecule has 0 heterocycles. The topological polar surface area (TPSA) is 54.4 Å². The average molecular weight is 186 g/mol. The van der Waals surface area contributed by atoms with Gasteiger partial charge in [-0.05, 0) is 0 Å². The molecule has 0 aromatic carbocycles. The van der Waals surface area contributed by atoms with Gasteiger partial charge in [-0.3, -0.25) is 9.00 Å². The first-order valence-electron chi connectivity index (χ1n) is 2.84. The molecule has 6 heteroatoms. The molecule has 3 nitrogen and oxygen atoms in total. The van der Waals surface area contributed by atoms with E-state index in [2.05, 4.69) is 0 Å². The van der Waals surface area contributed by atoms with E-state index in [1.54, 1.807) is 0 Å². The summed E-state index contributed by atoms with van der Waals surface area (Å²) in [6.45, 7) is 1.22. The van der Waals surface area contributed by atoms with Gasteiger partial charge in [-0.25, -0.2) is 0 Å². The van der Waals surface area contributed by atoms with Crippen molar-refractivity contribution in [2.24, 2.45) is 0 Å². The zero-order chi connectivity index (χ0) is 9.02. The quantitative estimate of drug-likeness (QED) is 0.707. The number of hydrogen-bond donors (Lipinski definition) is 1. The van der Waals surface area contributed by atoms with Crippen molar-refractivity contribution >= 4 is 16.8 Å². The van der Waals surface area contributed by atoms with Crippen molar-refractivity contribution in [2.75, 3.05) is 0 Å². The van der Waals surface area contributed by atoms with E-state index in [0.29, 0.717) is 0 Å². The Labute approximate surface area is 64.9 Å². The summed E-state index contributed by atoms with van der Waals surface area (Å²) < 4.78 is 33.7. The molecule has 0 fully saturated rings. The molecule has 0 aromatic rings. The molecule has 11 heavy (non-hydrogen) atoms. The predicted molar refractivity (Wildman–Crippen MR) is 35.9 cm³/mol. The lowest BCUT2D eigenvalue weighted by atomic mass is 10.3. The van der Waals surface area contributed by atoms with Gasteiger partial charge in [0.1, 0.15) is 0 Å². The van der Waals surface area contributed by atoms with Crippen molar-refractivity contribution in [3.05, 3.63) is 0 Å². The van der Waals surface area contributed by atoms with E-state index >= 15 is 0 Å². The first-order valence-corrected chi connectivity index (χ1v) is 4.12. The Morgan fingerprint density at radius 1 is 1.64 bits per heavy atom. The molecule has 0 radical (unpaired) electrons. The van der Waals surface area contributed by atoms with Gasteiger partial charge in [0.2, 0.25) is 0 Å². The molecular formula is C5H8F2O3S. The second-order valence-electron chi connectivity index (χ2n) is 2.00. The molecule has 0 amide bonds. The van der Waals surface area contributed by atoms with Crippen molar-refractivity contribution in [3.8, 4) is 0 Å². The number of aliphatic carboxylic acids is 1. The van der Waals surface area contributed by atoms with Crippen LogP contribution in [0.1, 0.15) is 13.3 Å². The normalized spacial score (nSPS) is 16.4. The van der Waals surface area contributed by atoms with Crippen molar-refractivity contribution in [1.82, 2.24) is 0 Å². The van der Waals surface area contributed by atoms with Crippen LogP contribution >= 0.6 is 0 Å². The van der Waals surface area contributed by atoms with Gasteiger partial charge in [0.25, 0.3) is 0 Å². The van der Waals surface area contributed by atoms with E-state index in [4.69, 9.17) is 5.11 Å². The molecule has 0 spiro atoms. The Kier molecular flexibility index (Phi) is 4.17. The van der Waals surface area contributed by atoms with Gasteiger partial charge in [-0.15, -0.1) is 0 Å². The van der Waals surface area contributed by atoms with E-state index in [9.17, 15) is 17.8 Å². The second kappa shape index (κ2) is 4.38. The maximum Gasteiger partial charge on any atom is 0.312 e. The standard InChI is InChI=1S/C5H8F2O3S/c1-3(2-4(8)9)11(10)5(6)7/h3,5H,2H2,1H3,(H,8,9). The lowest BCUT2D eigenvalue weighted by Crippen LogP contribution is -2.20. The minimum atomic E-state index is -2.95. The van der Waals surface area contributed by atoms with Crippen molar-refractivity contribution < 1.29 is 22.9 Å². The van der Waals surface area contributed by atoms with Crippen LogP contribution in [0.5, 0.6) is 0 Å². The fourth-order valence-corrected chi connectivity index (χ4v) is 1.16. The van der Waals surface area contributed by atoms with Crippen LogP contribution < -0.4 is 0 Å². The summed E-state index contributed by atoms with van der Waals surface area (Å²) in [5.41, 5.74) is 0. The van der Waals surface area contributed by atoms with Gasteiger partial charge in [0, 0.05) is 5.25 Å². The number of alkyl halides is 2. The molecule has 0 rings (SSSR count). The molecule has 2 unspecified atom stereocenters. The number of carboxylic acid groups (broad SMARTS) is 1. The minimum absolute atomic E-state index is 0.489. The number of hydrogen-bond acceptors (Lipinski definition) is 2. The Bertz CT molecular complexity index is 171. The number of rotatable bonds is 4. The van der Waals surface area contributed by atoms with Gasteiger partial charge in [-0.2, -0.15) is 8.78 Å². The van der Waals surface area contributed by atoms with Gasteiger partial charge in [0.05, 0.1) is 17.2 Å². The van der Waals surface area contributed by atoms with Gasteiger partial charge < -0.3 is 5.11 Å². The summed E-state index contributed by atoms with van der Waals surface area (Å²) in [4.78, 5) is 9.96. The molecule has 0 aliphatic rings. The Hall–Kier alpha value is -0.520. The maximum atomic E-state index is 11.6. The maximum absolute atomic E-state index is 11.6. The minimum Gasteiger partial charge on any atom is -0.481 e. The Morgan fingerprint density at radius 3 is 2.36 bits per heavy atom. The fourth-order valence-electron chi connectivity index (χ4n) is 0.504. The summed E-state index contributed by atoms with van der Waals surface area (Å²) >= 11 is 0. The first kappa shape index (κ1) is 10.5. The van der Waals surface area contributed by atoms with Crippen molar-refractivity contribution in [3.63, 3.8) is 0 Å². The molecule has 0 aromatic heterocycles. The third-order valence-corrected chi connectivity index (χ3v) is 2.35. The van der Waals surface area contributed by atoms with Gasteiger partial charge in [-0.1, -0.05) is 6.92 Å². The van der Waals surface area contributed by atoms with Crippen LogP contribution in [0.25, 0.3) is 0 Å². The molecule has 2 atom stereocenters. The van der Waals surface area contributed by atoms with Crippen LogP contribution in [0.3, 0.4) is 0 Å². The van der Waals surface area contributed by atoms with E-state index < -0.39 is 34.2 Å². The van der Waals surface area contributed by atoms with Crippen molar-refractivity contribution in [1.29, 1.82) is 0 Å². The summed E-state index contributed by atoms with van der Waals surface area (Å²) in [6.07, 6.45) is -0.489. The van der Waals surface area contributed by atoms with Crippen LogP contribution in [0.4, 0.5) is 8.78 Å². The molecule has 0 bridgehead atoms. The van der Waals surface area contributed by atoms with E-state index in [0.717, 1.165) is 0 Å². The predicted octanol–water partition coefficient (Wildman–Crippen LogP) is 0.821. The largest absolute Gasteiger partial charge is 0.481 e. The summed E-state index contributed by atoms with van der Waals surface area (Å²) in [7, 11) is -2.35. The summed E-state index contributed by atoms with van der Waals surface area (Å²) in [6, 6.07) is 0. The van der Waals surface area contributed by atoms with Crippen molar-refractivity contribution in [2.45, 2.75) is 24.4 Å². The SMILES string of the molecule is CC(CC(=O)O)S(=O)C(F)F. The van der Waals surface area contributed by atoms with E-state index in [1.165, 1.54) is 6.92 Å². The van der Waals surface area contributed by atoms with Gasteiger partial charge >= 0.3 is 11.7 Å². The molecule has 0 saturated heterocycles. The monoisotopic (exact) mass is 186 g/mol. The third-order valence-electron chi connectivity index (χ3n) is 1.03. The van der Waals surface area contributed by atoms with Crippen LogP contribution in [0.2, 0.25) is 0 Å². The van der Waals surface area contributed by atoms with E-state index in [-0.39, 0.29) is 0 Å². The fraction of sp³-hybridized carbons (Fsp3) is 0.800. The lowest BCUT2D eigenvalue weighted by molar-refractivity contribution is -0.136. The van der Waals surface area contributed by atoms with Crippen LogP contribution in [-0.4, -0.2) is 26.3 Å². The lowest BCUT2D eigenvalue weighted by Gasteiger charge is -2.06. The average Bonchev–Trinajstić information content (AvgIpc) is 1.84. The van der Waals surface area contributed by atoms with E-state index in [1.807, 2.05) is 0 Å².